The van der Waals surface area contributed by atoms with E-state index in [1.54, 1.807) is 0 Å². The molecule has 2 N–H and O–H groups in total. The van der Waals surface area contributed by atoms with Crippen LogP contribution in [0.25, 0.3) is 5.52 Å². The number of nitrogens with two attached hydrogens (primary N) is 1. The molecule has 0 aliphatic heterocycles. The smallest absolute Gasteiger partial charge is 0.113 e. The molecule has 0 unspecified atom stereocenters. The minimum absolute atomic E-state index is 0.485. The van der Waals surface area contributed by atoms with E-state index in [9.17, 15) is 0 Å². The summed E-state index contributed by atoms with van der Waals surface area (Å²) in [6, 6.07) is 16.6. The first kappa shape index (κ1) is 11.9. The van der Waals surface area contributed by atoms with Gasteiger partial charge in [-0.05, 0) is 24.1 Å². The summed E-state index contributed by atoms with van der Waals surface area (Å²) in [7, 11) is 0. The summed E-state index contributed by atoms with van der Waals surface area (Å²) in [5, 5.41) is 0. The van der Waals surface area contributed by atoms with E-state index in [0.29, 0.717) is 6.54 Å². The Bertz CT molecular complexity index is 671. The minimum Gasteiger partial charge on any atom is -0.325 e. The van der Waals surface area contributed by atoms with Crippen LogP contribution in [0.2, 0.25) is 0 Å². The molecule has 1 aromatic carbocycles. The molecule has 0 aliphatic rings. The molecule has 3 heteroatoms. The summed E-state index contributed by atoms with van der Waals surface area (Å²) in [4.78, 5) is 4.66. The Balaban J connectivity index is 1.89. The van der Waals surface area contributed by atoms with E-state index in [4.69, 9.17) is 5.73 Å². The summed E-state index contributed by atoms with van der Waals surface area (Å²) < 4.78 is 2.14. The Hall–Kier alpha value is -2.13. The summed E-state index contributed by atoms with van der Waals surface area (Å²) in [5.41, 5.74) is 9.19. The predicted octanol–water partition coefficient (Wildman–Crippen LogP) is 2.58. The number of nitrogens with zero attached hydrogens (tertiary/aromatic N) is 2. The third-order valence-electron chi connectivity index (χ3n) is 3.37. The first-order chi connectivity index (χ1) is 9.38. The van der Waals surface area contributed by atoms with Gasteiger partial charge in [-0.1, -0.05) is 36.4 Å². The highest BCUT2D eigenvalue weighted by Crippen LogP contribution is 2.14. The SMILES string of the molecule is NCc1nc(CCc2ccccc2)n2ccccc12. The molecule has 2 heterocycles. The van der Waals surface area contributed by atoms with Gasteiger partial charge in [0.1, 0.15) is 5.82 Å². The first-order valence-electron chi connectivity index (χ1n) is 6.57. The van der Waals surface area contributed by atoms with Crippen LogP contribution in [0.15, 0.2) is 54.7 Å². The normalized spacial score (nSPS) is 11.0. The monoisotopic (exact) mass is 251 g/mol. The van der Waals surface area contributed by atoms with Crippen LogP contribution in [0.3, 0.4) is 0 Å². The van der Waals surface area contributed by atoms with E-state index in [1.807, 2.05) is 18.2 Å². The predicted molar refractivity (Wildman–Crippen MR) is 76.9 cm³/mol. The van der Waals surface area contributed by atoms with Gasteiger partial charge in [-0.3, -0.25) is 0 Å². The lowest BCUT2D eigenvalue weighted by Gasteiger charge is -2.01. The van der Waals surface area contributed by atoms with Gasteiger partial charge >= 0.3 is 0 Å². The van der Waals surface area contributed by atoms with Crippen molar-refractivity contribution in [1.29, 1.82) is 0 Å². The Kier molecular flexibility index (Phi) is 3.29. The van der Waals surface area contributed by atoms with E-state index >= 15 is 0 Å². The topological polar surface area (TPSA) is 43.3 Å². The van der Waals surface area contributed by atoms with E-state index in [-0.39, 0.29) is 0 Å². The van der Waals surface area contributed by atoms with E-state index in [1.165, 1.54) is 5.56 Å². The molecule has 0 bridgehead atoms. The fourth-order valence-corrected chi connectivity index (χ4v) is 2.40. The van der Waals surface area contributed by atoms with Gasteiger partial charge in [-0.2, -0.15) is 0 Å². The Morgan fingerprint density at radius 1 is 0.947 bits per heavy atom. The van der Waals surface area contributed by atoms with Crippen molar-refractivity contribution in [2.75, 3.05) is 0 Å². The van der Waals surface area contributed by atoms with Gasteiger partial charge in [-0.25, -0.2) is 4.98 Å². The molecule has 0 atom stereocenters. The second-order valence-electron chi connectivity index (χ2n) is 4.62. The second-order valence-corrected chi connectivity index (χ2v) is 4.62. The molecule has 0 radical (unpaired) electrons. The van der Waals surface area contributed by atoms with Crippen molar-refractivity contribution in [3.05, 3.63) is 71.8 Å². The maximum absolute atomic E-state index is 5.76. The Labute approximate surface area is 112 Å². The van der Waals surface area contributed by atoms with Crippen LogP contribution in [-0.2, 0) is 19.4 Å². The van der Waals surface area contributed by atoms with Crippen molar-refractivity contribution in [3.8, 4) is 0 Å². The number of hydrogen-bond donors (Lipinski definition) is 1. The number of hydrogen-bond acceptors (Lipinski definition) is 2. The third kappa shape index (κ3) is 2.37. The molecule has 3 rings (SSSR count). The number of aryl methyl sites for hydroxylation is 2. The van der Waals surface area contributed by atoms with E-state index < -0.39 is 0 Å². The van der Waals surface area contributed by atoms with Crippen LogP contribution in [0.5, 0.6) is 0 Å². The summed E-state index contributed by atoms with van der Waals surface area (Å²) >= 11 is 0. The zero-order chi connectivity index (χ0) is 13.1. The molecular formula is C16H17N3. The van der Waals surface area contributed by atoms with Gasteiger partial charge < -0.3 is 10.1 Å². The highest BCUT2D eigenvalue weighted by atomic mass is 15.0. The van der Waals surface area contributed by atoms with Crippen molar-refractivity contribution < 1.29 is 0 Å². The van der Waals surface area contributed by atoms with Crippen LogP contribution in [-0.4, -0.2) is 9.38 Å². The zero-order valence-electron chi connectivity index (χ0n) is 10.8. The third-order valence-corrected chi connectivity index (χ3v) is 3.37. The summed E-state index contributed by atoms with van der Waals surface area (Å²) in [5.74, 6) is 1.08. The molecule has 0 spiro atoms. The lowest BCUT2D eigenvalue weighted by molar-refractivity contribution is 0.845. The second kappa shape index (κ2) is 5.24. The van der Waals surface area contributed by atoms with Crippen molar-refractivity contribution in [3.63, 3.8) is 0 Å². The molecule has 0 saturated heterocycles. The fourth-order valence-electron chi connectivity index (χ4n) is 2.40. The van der Waals surface area contributed by atoms with Gasteiger partial charge in [0.15, 0.2) is 0 Å². The lowest BCUT2D eigenvalue weighted by Crippen LogP contribution is -1.98. The molecule has 19 heavy (non-hydrogen) atoms. The van der Waals surface area contributed by atoms with Crippen LogP contribution in [0.1, 0.15) is 17.1 Å². The number of fused-ring (bicyclic) bond motifs is 1. The van der Waals surface area contributed by atoms with Gasteiger partial charge in [-0.15, -0.1) is 0 Å². The number of pyridine rings is 1. The average Bonchev–Trinajstić information content (AvgIpc) is 2.84. The molecule has 0 saturated carbocycles. The van der Waals surface area contributed by atoms with Gasteiger partial charge in [0.25, 0.3) is 0 Å². The van der Waals surface area contributed by atoms with E-state index in [0.717, 1.165) is 29.9 Å². The van der Waals surface area contributed by atoms with Crippen LogP contribution < -0.4 is 5.73 Å². The lowest BCUT2D eigenvalue weighted by atomic mass is 10.1. The molecule has 0 amide bonds. The highest BCUT2D eigenvalue weighted by molar-refractivity contribution is 5.53. The van der Waals surface area contributed by atoms with E-state index in [2.05, 4.69) is 45.9 Å². The standard InChI is InChI=1S/C16H17N3/c17-12-14-15-8-4-5-11-19(15)16(18-14)10-9-13-6-2-1-3-7-13/h1-8,11H,9-10,12,17H2. The van der Waals surface area contributed by atoms with Crippen molar-refractivity contribution in [1.82, 2.24) is 9.38 Å². The largest absolute Gasteiger partial charge is 0.325 e. The van der Waals surface area contributed by atoms with Crippen LogP contribution in [0, 0.1) is 0 Å². The number of rotatable bonds is 4. The highest BCUT2D eigenvalue weighted by Gasteiger charge is 2.08. The zero-order valence-corrected chi connectivity index (χ0v) is 10.8. The van der Waals surface area contributed by atoms with Gasteiger partial charge in [0, 0.05) is 19.2 Å². The van der Waals surface area contributed by atoms with Crippen molar-refractivity contribution in [2.45, 2.75) is 19.4 Å². The molecule has 3 aromatic rings. The first-order valence-corrected chi connectivity index (χ1v) is 6.57. The quantitative estimate of drug-likeness (QED) is 0.774. The molecule has 0 aliphatic carbocycles. The molecule has 0 fully saturated rings. The van der Waals surface area contributed by atoms with Gasteiger partial charge in [0.05, 0.1) is 11.2 Å². The Morgan fingerprint density at radius 3 is 2.53 bits per heavy atom. The molecule has 96 valence electrons. The number of imidazole rings is 1. The molecule has 3 nitrogen and oxygen atoms in total. The summed E-state index contributed by atoms with van der Waals surface area (Å²) in [6.07, 6.45) is 3.98. The fraction of sp³-hybridized carbons (Fsp3) is 0.188. The average molecular weight is 251 g/mol. The number of benzene rings is 1. The minimum atomic E-state index is 0.485. The maximum Gasteiger partial charge on any atom is 0.113 e. The van der Waals surface area contributed by atoms with Crippen molar-refractivity contribution in [2.24, 2.45) is 5.73 Å². The number of aromatic nitrogens is 2. The maximum atomic E-state index is 5.76. The van der Waals surface area contributed by atoms with Gasteiger partial charge in [0.2, 0.25) is 0 Å². The molecular weight excluding hydrogens is 234 g/mol. The van der Waals surface area contributed by atoms with Crippen LogP contribution >= 0.6 is 0 Å². The molecule has 2 aromatic heterocycles. The Morgan fingerprint density at radius 2 is 1.74 bits per heavy atom. The van der Waals surface area contributed by atoms with Crippen molar-refractivity contribution >= 4 is 5.52 Å². The van der Waals surface area contributed by atoms with Crippen LogP contribution in [0.4, 0.5) is 0 Å². The summed E-state index contributed by atoms with van der Waals surface area (Å²) in [6.45, 7) is 0.485.